The van der Waals surface area contributed by atoms with Gasteiger partial charge in [-0.3, -0.25) is 0 Å². The average molecular weight is 319 g/mol. The van der Waals surface area contributed by atoms with E-state index in [4.69, 9.17) is 14.2 Å². The third kappa shape index (κ3) is 4.52. The van der Waals surface area contributed by atoms with Gasteiger partial charge in [0.2, 0.25) is 0 Å². The summed E-state index contributed by atoms with van der Waals surface area (Å²) in [4.78, 5) is 0. The van der Waals surface area contributed by atoms with Gasteiger partial charge in [-0.05, 0) is 43.7 Å². The molecule has 0 fully saturated rings. The van der Waals surface area contributed by atoms with Gasteiger partial charge in [-0.25, -0.2) is 4.39 Å². The zero-order valence-electron chi connectivity index (χ0n) is 13.9. The highest BCUT2D eigenvalue weighted by atomic mass is 19.1. The third-order valence-corrected chi connectivity index (χ3v) is 3.24. The molecule has 0 bridgehead atoms. The van der Waals surface area contributed by atoms with Crippen LogP contribution in [0.1, 0.15) is 19.4 Å². The van der Waals surface area contributed by atoms with Crippen LogP contribution in [0.15, 0.2) is 36.4 Å². The molecule has 0 unspecified atom stereocenters. The van der Waals surface area contributed by atoms with E-state index in [0.717, 1.165) is 11.3 Å². The van der Waals surface area contributed by atoms with E-state index < -0.39 is 0 Å². The molecule has 2 aromatic carbocycles. The number of hydrogen-bond donors (Lipinski definition) is 1. The first kappa shape index (κ1) is 16.9. The zero-order chi connectivity index (χ0) is 16.8. The number of halogens is 1. The SMILES string of the molecule is COc1cc(F)ccc1NCc1ccc(OC(C)C)c(OC)c1. The fourth-order valence-corrected chi connectivity index (χ4v) is 2.18. The third-order valence-electron chi connectivity index (χ3n) is 3.24. The lowest BCUT2D eigenvalue weighted by molar-refractivity contribution is 0.230. The van der Waals surface area contributed by atoms with E-state index in [2.05, 4.69) is 5.32 Å². The molecule has 2 rings (SSSR count). The molecule has 124 valence electrons. The van der Waals surface area contributed by atoms with Gasteiger partial charge in [0.25, 0.3) is 0 Å². The second kappa shape index (κ2) is 7.72. The summed E-state index contributed by atoms with van der Waals surface area (Å²) in [5.74, 6) is 1.54. The number of hydrogen-bond acceptors (Lipinski definition) is 4. The molecule has 5 heteroatoms. The molecule has 4 nitrogen and oxygen atoms in total. The molecule has 2 aromatic rings. The number of rotatable bonds is 7. The average Bonchev–Trinajstić information content (AvgIpc) is 2.54. The summed E-state index contributed by atoms with van der Waals surface area (Å²) in [6.07, 6.45) is 0.0800. The highest BCUT2D eigenvalue weighted by Crippen LogP contribution is 2.30. The predicted octanol–water partition coefficient (Wildman–Crippen LogP) is 4.24. The normalized spacial score (nSPS) is 10.5. The van der Waals surface area contributed by atoms with E-state index in [1.54, 1.807) is 13.2 Å². The Morgan fingerprint density at radius 3 is 2.35 bits per heavy atom. The second-order valence-corrected chi connectivity index (χ2v) is 5.35. The van der Waals surface area contributed by atoms with Crippen molar-refractivity contribution in [3.8, 4) is 17.2 Å². The molecule has 0 amide bonds. The summed E-state index contributed by atoms with van der Waals surface area (Å²) in [5, 5.41) is 3.23. The van der Waals surface area contributed by atoms with Crippen LogP contribution in [0.3, 0.4) is 0 Å². The van der Waals surface area contributed by atoms with Crippen molar-refractivity contribution in [1.82, 2.24) is 0 Å². The molecular weight excluding hydrogens is 297 g/mol. The van der Waals surface area contributed by atoms with Crippen LogP contribution >= 0.6 is 0 Å². The lowest BCUT2D eigenvalue weighted by atomic mass is 10.2. The number of ether oxygens (including phenoxy) is 3. The highest BCUT2D eigenvalue weighted by Gasteiger charge is 2.09. The van der Waals surface area contributed by atoms with Crippen molar-refractivity contribution < 1.29 is 18.6 Å². The van der Waals surface area contributed by atoms with Gasteiger partial charge in [0.05, 0.1) is 26.0 Å². The molecule has 0 saturated heterocycles. The molecule has 23 heavy (non-hydrogen) atoms. The zero-order valence-corrected chi connectivity index (χ0v) is 13.9. The number of nitrogens with one attached hydrogen (secondary N) is 1. The van der Waals surface area contributed by atoms with E-state index >= 15 is 0 Å². The lowest BCUT2D eigenvalue weighted by Crippen LogP contribution is -2.07. The van der Waals surface area contributed by atoms with E-state index in [-0.39, 0.29) is 11.9 Å². The van der Waals surface area contributed by atoms with Gasteiger partial charge in [0.1, 0.15) is 11.6 Å². The fourth-order valence-electron chi connectivity index (χ4n) is 2.18. The first-order valence-electron chi connectivity index (χ1n) is 7.44. The minimum Gasteiger partial charge on any atom is -0.494 e. The molecule has 0 aliphatic rings. The van der Waals surface area contributed by atoms with E-state index in [9.17, 15) is 4.39 Å². The Morgan fingerprint density at radius 1 is 0.957 bits per heavy atom. The van der Waals surface area contributed by atoms with Gasteiger partial charge in [-0.2, -0.15) is 0 Å². The van der Waals surface area contributed by atoms with Gasteiger partial charge >= 0.3 is 0 Å². The standard InChI is InChI=1S/C18H22FNO3/c1-12(2)23-16-8-5-13(9-18(16)22-4)11-20-15-7-6-14(19)10-17(15)21-3/h5-10,12,20H,11H2,1-4H3. The molecule has 0 saturated carbocycles. The van der Waals surface area contributed by atoms with E-state index in [1.807, 2.05) is 32.0 Å². The van der Waals surface area contributed by atoms with Crippen LogP contribution in [0.25, 0.3) is 0 Å². The van der Waals surface area contributed by atoms with Gasteiger partial charge in [-0.15, -0.1) is 0 Å². The first-order chi connectivity index (χ1) is 11.0. The molecule has 0 heterocycles. The summed E-state index contributed by atoms with van der Waals surface area (Å²) < 4.78 is 29.5. The quantitative estimate of drug-likeness (QED) is 0.828. The Labute approximate surface area is 136 Å². The maximum absolute atomic E-state index is 13.2. The largest absolute Gasteiger partial charge is 0.494 e. The smallest absolute Gasteiger partial charge is 0.161 e. The molecule has 0 aliphatic heterocycles. The maximum atomic E-state index is 13.2. The maximum Gasteiger partial charge on any atom is 0.161 e. The van der Waals surface area contributed by atoms with Crippen molar-refractivity contribution in [2.75, 3.05) is 19.5 Å². The van der Waals surface area contributed by atoms with Crippen LogP contribution in [0.5, 0.6) is 17.2 Å². The molecule has 0 radical (unpaired) electrons. The molecule has 1 N–H and O–H groups in total. The monoisotopic (exact) mass is 319 g/mol. The predicted molar refractivity (Wildman–Crippen MR) is 89.0 cm³/mol. The minimum absolute atomic E-state index is 0.0800. The minimum atomic E-state index is -0.329. The molecule has 0 spiro atoms. The number of benzene rings is 2. The van der Waals surface area contributed by atoms with E-state index in [1.165, 1.54) is 19.2 Å². The van der Waals surface area contributed by atoms with Crippen LogP contribution in [-0.4, -0.2) is 20.3 Å². The van der Waals surface area contributed by atoms with Crippen molar-refractivity contribution in [2.24, 2.45) is 0 Å². The number of methoxy groups -OCH3 is 2. The molecular formula is C18H22FNO3. The number of anilines is 1. The van der Waals surface area contributed by atoms with Gasteiger partial charge < -0.3 is 19.5 Å². The van der Waals surface area contributed by atoms with Crippen molar-refractivity contribution >= 4 is 5.69 Å². The lowest BCUT2D eigenvalue weighted by Gasteiger charge is -2.15. The van der Waals surface area contributed by atoms with Crippen LogP contribution in [0.4, 0.5) is 10.1 Å². The Morgan fingerprint density at radius 2 is 1.70 bits per heavy atom. The van der Waals surface area contributed by atoms with Crippen LogP contribution in [0, 0.1) is 5.82 Å². The second-order valence-electron chi connectivity index (χ2n) is 5.35. The highest BCUT2D eigenvalue weighted by molar-refractivity contribution is 5.57. The van der Waals surface area contributed by atoms with Crippen LogP contribution in [0.2, 0.25) is 0 Å². The summed E-state index contributed by atoms with van der Waals surface area (Å²) in [7, 11) is 3.13. The van der Waals surface area contributed by atoms with Gasteiger partial charge in [-0.1, -0.05) is 6.07 Å². The fraction of sp³-hybridized carbons (Fsp3) is 0.333. The topological polar surface area (TPSA) is 39.7 Å². The summed E-state index contributed by atoms with van der Waals surface area (Å²) >= 11 is 0. The van der Waals surface area contributed by atoms with Crippen molar-refractivity contribution in [3.05, 3.63) is 47.8 Å². The van der Waals surface area contributed by atoms with E-state index in [0.29, 0.717) is 23.8 Å². The summed E-state index contributed by atoms with van der Waals surface area (Å²) in [5.41, 5.74) is 1.75. The van der Waals surface area contributed by atoms with Crippen LogP contribution in [-0.2, 0) is 6.54 Å². The Kier molecular flexibility index (Phi) is 5.68. The van der Waals surface area contributed by atoms with Crippen molar-refractivity contribution in [3.63, 3.8) is 0 Å². The summed E-state index contributed by atoms with van der Waals surface area (Å²) in [6.45, 7) is 4.49. The van der Waals surface area contributed by atoms with Crippen LogP contribution < -0.4 is 19.5 Å². The first-order valence-corrected chi connectivity index (χ1v) is 7.44. The van der Waals surface area contributed by atoms with Crippen molar-refractivity contribution in [2.45, 2.75) is 26.5 Å². The Bertz CT molecular complexity index is 659. The van der Waals surface area contributed by atoms with Gasteiger partial charge in [0, 0.05) is 12.6 Å². The van der Waals surface area contributed by atoms with Crippen molar-refractivity contribution in [1.29, 1.82) is 0 Å². The molecule has 0 aromatic heterocycles. The Hall–Kier alpha value is -2.43. The molecule has 0 aliphatic carbocycles. The Balaban J connectivity index is 2.12. The molecule has 0 atom stereocenters. The summed E-state index contributed by atoms with van der Waals surface area (Å²) in [6, 6.07) is 10.2. The van der Waals surface area contributed by atoms with Gasteiger partial charge in [0.15, 0.2) is 11.5 Å².